The lowest BCUT2D eigenvalue weighted by Crippen LogP contribution is -2.40. The van der Waals surface area contributed by atoms with E-state index in [2.05, 4.69) is 56.0 Å². The first-order chi connectivity index (χ1) is 8.13. The third-order valence-electron chi connectivity index (χ3n) is 3.65. The SMILES string of the molecule is CCN(Cc1ccccc1)CC(C)(CC)CN. The van der Waals surface area contributed by atoms with Crippen LogP contribution in [-0.4, -0.2) is 24.5 Å². The number of hydrogen-bond acceptors (Lipinski definition) is 2. The van der Waals surface area contributed by atoms with Crippen molar-refractivity contribution in [1.29, 1.82) is 0 Å². The average Bonchev–Trinajstić information content (AvgIpc) is 2.39. The fourth-order valence-electron chi connectivity index (χ4n) is 1.98. The maximum absolute atomic E-state index is 5.89. The number of nitrogens with two attached hydrogens (primary N) is 1. The topological polar surface area (TPSA) is 29.3 Å². The van der Waals surface area contributed by atoms with Crippen molar-refractivity contribution in [3.05, 3.63) is 35.9 Å². The average molecular weight is 234 g/mol. The molecule has 2 heteroatoms. The molecule has 0 aliphatic carbocycles. The monoisotopic (exact) mass is 234 g/mol. The van der Waals surface area contributed by atoms with E-state index in [0.29, 0.717) is 0 Å². The van der Waals surface area contributed by atoms with Crippen molar-refractivity contribution in [2.75, 3.05) is 19.6 Å². The molecular weight excluding hydrogens is 208 g/mol. The fraction of sp³-hybridized carbons (Fsp3) is 0.600. The normalized spacial score (nSPS) is 14.9. The molecule has 1 aromatic rings. The molecule has 17 heavy (non-hydrogen) atoms. The predicted molar refractivity (Wildman–Crippen MR) is 74.8 cm³/mol. The van der Waals surface area contributed by atoms with Crippen LogP contribution < -0.4 is 5.73 Å². The van der Waals surface area contributed by atoms with E-state index in [1.807, 2.05) is 0 Å². The minimum atomic E-state index is 0.241. The maximum Gasteiger partial charge on any atom is 0.0233 e. The van der Waals surface area contributed by atoms with E-state index in [1.165, 1.54) is 5.56 Å². The molecule has 1 aromatic carbocycles. The Morgan fingerprint density at radius 3 is 2.29 bits per heavy atom. The van der Waals surface area contributed by atoms with Gasteiger partial charge in [-0.25, -0.2) is 0 Å². The zero-order valence-corrected chi connectivity index (χ0v) is 11.4. The summed E-state index contributed by atoms with van der Waals surface area (Å²) in [6, 6.07) is 10.6. The minimum Gasteiger partial charge on any atom is -0.330 e. The zero-order chi connectivity index (χ0) is 12.7. The van der Waals surface area contributed by atoms with Crippen LogP contribution >= 0.6 is 0 Å². The van der Waals surface area contributed by atoms with Gasteiger partial charge in [0.1, 0.15) is 0 Å². The molecule has 0 aliphatic rings. The molecule has 0 fully saturated rings. The van der Waals surface area contributed by atoms with Crippen molar-refractivity contribution in [1.82, 2.24) is 4.90 Å². The van der Waals surface area contributed by atoms with E-state index >= 15 is 0 Å². The largest absolute Gasteiger partial charge is 0.330 e. The van der Waals surface area contributed by atoms with Gasteiger partial charge in [0.15, 0.2) is 0 Å². The van der Waals surface area contributed by atoms with Crippen molar-refractivity contribution < 1.29 is 0 Å². The standard InChI is InChI=1S/C15H26N2/c1-4-15(3,12-16)13-17(5-2)11-14-9-7-6-8-10-14/h6-10H,4-5,11-13,16H2,1-3H3. The van der Waals surface area contributed by atoms with E-state index in [-0.39, 0.29) is 5.41 Å². The van der Waals surface area contributed by atoms with Gasteiger partial charge < -0.3 is 5.73 Å². The Kier molecular flexibility index (Phi) is 5.66. The molecule has 0 amide bonds. The zero-order valence-electron chi connectivity index (χ0n) is 11.4. The van der Waals surface area contributed by atoms with E-state index in [4.69, 9.17) is 5.73 Å². The summed E-state index contributed by atoms with van der Waals surface area (Å²) >= 11 is 0. The van der Waals surface area contributed by atoms with Crippen molar-refractivity contribution in [2.45, 2.75) is 33.7 Å². The smallest absolute Gasteiger partial charge is 0.0233 e. The number of rotatable bonds is 7. The Morgan fingerprint density at radius 2 is 1.82 bits per heavy atom. The minimum absolute atomic E-state index is 0.241. The second-order valence-electron chi connectivity index (χ2n) is 5.16. The third-order valence-corrected chi connectivity index (χ3v) is 3.65. The van der Waals surface area contributed by atoms with Gasteiger partial charge in [0.2, 0.25) is 0 Å². The van der Waals surface area contributed by atoms with Crippen LogP contribution in [0.4, 0.5) is 0 Å². The summed E-state index contributed by atoms with van der Waals surface area (Å²) in [5, 5.41) is 0. The van der Waals surface area contributed by atoms with Crippen LogP contribution in [0.3, 0.4) is 0 Å². The molecule has 2 N–H and O–H groups in total. The molecule has 0 bridgehead atoms. The van der Waals surface area contributed by atoms with Gasteiger partial charge in [-0.15, -0.1) is 0 Å². The molecule has 1 atom stereocenters. The number of benzene rings is 1. The summed E-state index contributed by atoms with van der Waals surface area (Å²) in [6.45, 7) is 10.6. The highest BCUT2D eigenvalue weighted by Gasteiger charge is 2.22. The molecule has 0 spiro atoms. The molecule has 1 unspecified atom stereocenters. The summed E-state index contributed by atoms with van der Waals surface area (Å²) < 4.78 is 0. The fourth-order valence-corrected chi connectivity index (χ4v) is 1.98. The van der Waals surface area contributed by atoms with E-state index in [9.17, 15) is 0 Å². The molecule has 0 saturated carbocycles. The molecule has 0 aromatic heterocycles. The van der Waals surface area contributed by atoms with Crippen LogP contribution in [0.15, 0.2) is 30.3 Å². The molecule has 0 saturated heterocycles. The summed E-state index contributed by atoms with van der Waals surface area (Å²) in [6.07, 6.45) is 1.13. The first kappa shape index (κ1) is 14.2. The molecule has 0 aliphatic heterocycles. The Morgan fingerprint density at radius 1 is 1.18 bits per heavy atom. The number of nitrogens with zero attached hydrogens (tertiary/aromatic N) is 1. The first-order valence-corrected chi connectivity index (χ1v) is 6.60. The molecule has 0 heterocycles. The second kappa shape index (κ2) is 6.77. The highest BCUT2D eigenvalue weighted by molar-refractivity contribution is 5.14. The lowest BCUT2D eigenvalue weighted by Gasteiger charge is -2.33. The van der Waals surface area contributed by atoms with Crippen molar-refractivity contribution in [3.63, 3.8) is 0 Å². The van der Waals surface area contributed by atoms with Crippen LogP contribution in [0.1, 0.15) is 32.8 Å². The predicted octanol–water partition coefficient (Wildman–Crippen LogP) is 2.88. The quantitative estimate of drug-likeness (QED) is 0.786. The number of hydrogen-bond donors (Lipinski definition) is 1. The summed E-state index contributed by atoms with van der Waals surface area (Å²) in [5.41, 5.74) is 7.51. The lowest BCUT2D eigenvalue weighted by molar-refractivity contribution is 0.164. The Labute approximate surface area is 106 Å². The Balaban J connectivity index is 2.60. The molecule has 96 valence electrons. The van der Waals surface area contributed by atoms with E-state index in [0.717, 1.165) is 32.6 Å². The summed E-state index contributed by atoms with van der Waals surface area (Å²) in [7, 11) is 0. The maximum atomic E-state index is 5.89. The van der Waals surface area contributed by atoms with Crippen molar-refractivity contribution in [3.8, 4) is 0 Å². The lowest BCUT2D eigenvalue weighted by atomic mass is 9.87. The van der Waals surface area contributed by atoms with Gasteiger partial charge in [-0.05, 0) is 30.5 Å². The summed E-state index contributed by atoms with van der Waals surface area (Å²) in [4.78, 5) is 2.48. The third kappa shape index (κ3) is 4.49. The van der Waals surface area contributed by atoms with Crippen LogP contribution in [0.5, 0.6) is 0 Å². The van der Waals surface area contributed by atoms with Gasteiger partial charge in [0, 0.05) is 13.1 Å². The van der Waals surface area contributed by atoms with E-state index in [1.54, 1.807) is 0 Å². The molecule has 1 rings (SSSR count). The van der Waals surface area contributed by atoms with Gasteiger partial charge in [0.25, 0.3) is 0 Å². The first-order valence-electron chi connectivity index (χ1n) is 6.60. The Hall–Kier alpha value is -0.860. The van der Waals surface area contributed by atoms with Crippen LogP contribution in [0.2, 0.25) is 0 Å². The van der Waals surface area contributed by atoms with Crippen LogP contribution in [0.25, 0.3) is 0 Å². The van der Waals surface area contributed by atoms with Gasteiger partial charge in [-0.1, -0.05) is 51.1 Å². The molecule has 2 nitrogen and oxygen atoms in total. The highest BCUT2D eigenvalue weighted by Crippen LogP contribution is 2.21. The van der Waals surface area contributed by atoms with Gasteiger partial charge in [0.05, 0.1) is 0 Å². The molecular formula is C15H26N2. The van der Waals surface area contributed by atoms with Crippen molar-refractivity contribution >= 4 is 0 Å². The summed E-state index contributed by atoms with van der Waals surface area (Å²) in [5.74, 6) is 0. The van der Waals surface area contributed by atoms with Gasteiger partial charge >= 0.3 is 0 Å². The second-order valence-corrected chi connectivity index (χ2v) is 5.16. The van der Waals surface area contributed by atoms with Gasteiger partial charge in [-0.2, -0.15) is 0 Å². The van der Waals surface area contributed by atoms with Crippen LogP contribution in [-0.2, 0) is 6.54 Å². The van der Waals surface area contributed by atoms with Gasteiger partial charge in [-0.3, -0.25) is 4.90 Å². The van der Waals surface area contributed by atoms with Crippen molar-refractivity contribution in [2.24, 2.45) is 11.1 Å². The van der Waals surface area contributed by atoms with Crippen LogP contribution in [0, 0.1) is 5.41 Å². The van der Waals surface area contributed by atoms with E-state index < -0.39 is 0 Å². The molecule has 0 radical (unpaired) electrons. The Bertz CT molecular complexity index is 304. The highest BCUT2D eigenvalue weighted by atomic mass is 15.1.